The summed E-state index contributed by atoms with van der Waals surface area (Å²) in [4.78, 5) is 17.0. The maximum Gasteiger partial charge on any atom is 0.321 e. The third-order valence-electron chi connectivity index (χ3n) is 5.70. The van der Waals surface area contributed by atoms with Crippen molar-refractivity contribution in [3.8, 4) is 0 Å². The maximum absolute atomic E-state index is 12.6. The van der Waals surface area contributed by atoms with Crippen LogP contribution in [0.3, 0.4) is 0 Å². The molecule has 132 valence electrons. The lowest BCUT2D eigenvalue weighted by molar-refractivity contribution is 0.155. The predicted octanol–water partition coefficient (Wildman–Crippen LogP) is 4.72. The number of hydrogen-bond acceptors (Lipinski definition) is 2. The maximum atomic E-state index is 12.6. The van der Waals surface area contributed by atoms with E-state index in [-0.39, 0.29) is 6.03 Å². The molecule has 1 aliphatic heterocycles. The first kappa shape index (κ1) is 17.1. The van der Waals surface area contributed by atoms with Crippen LogP contribution in [-0.4, -0.2) is 37.1 Å². The molecule has 4 heteroatoms. The highest BCUT2D eigenvalue weighted by Crippen LogP contribution is 2.28. The molecule has 1 heterocycles. The van der Waals surface area contributed by atoms with Crippen LogP contribution in [0.25, 0.3) is 0 Å². The zero-order valence-electron chi connectivity index (χ0n) is 15.1. The molecule has 1 saturated carbocycles. The largest absolute Gasteiger partial charge is 0.371 e. The molecule has 1 saturated heterocycles. The number of urea groups is 1. The van der Waals surface area contributed by atoms with E-state index in [0.717, 1.165) is 25.2 Å². The molecule has 24 heavy (non-hydrogen) atoms. The van der Waals surface area contributed by atoms with Gasteiger partial charge in [0.2, 0.25) is 0 Å². The second-order valence-electron chi connectivity index (χ2n) is 7.47. The van der Waals surface area contributed by atoms with Gasteiger partial charge in [-0.25, -0.2) is 4.79 Å². The van der Waals surface area contributed by atoms with Crippen molar-refractivity contribution in [2.45, 2.75) is 57.9 Å². The fraction of sp³-hybridized carbons (Fsp3) is 0.650. The highest BCUT2D eigenvalue weighted by molar-refractivity contribution is 5.90. The van der Waals surface area contributed by atoms with Gasteiger partial charge in [-0.1, -0.05) is 25.8 Å². The van der Waals surface area contributed by atoms with Crippen LogP contribution in [-0.2, 0) is 0 Å². The van der Waals surface area contributed by atoms with Crippen molar-refractivity contribution in [3.05, 3.63) is 24.3 Å². The van der Waals surface area contributed by atoms with E-state index in [4.69, 9.17) is 0 Å². The van der Waals surface area contributed by atoms with Crippen LogP contribution in [0.2, 0.25) is 0 Å². The second kappa shape index (κ2) is 7.91. The fourth-order valence-corrected chi connectivity index (χ4v) is 4.17. The molecular weight excluding hydrogens is 298 g/mol. The summed E-state index contributed by atoms with van der Waals surface area (Å²) in [7, 11) is 1.94. The molecule has 2 unspecified atom stereocenters. The topological polar surface area (TPSA) is 35.6 Å². The summed E-state index contributed by atoms with van der Waals surface area (Å²) in [5.74, 6) is 0.592. The van der Waals surface area contributed by atoms with Crippen LogP contribution in [0, 0.1) is 5.92 Å². The first-order valence-electron chi connectivity index (χ1n) is 9.54. The third-order valence-corrected chi connectivity index (χ3v) is 5.70. The first-order valence-corrected chi connectivity index (χ1v) is 9.54. The van der Waals surface area contributed by atoms with Crippen molar-refractivity contribution in [3.63, 3.8) is 0 Å². The van der Waals surface area contributed by atoms with E-state index in [0.29, 0.717) is 12.0 Å². The number of hydrogen-bond donors (Lipinski definition) is 1. The third kappa shape index (κ3) is 4.03. The van der Waals surface area contributed by atoms with Crippen molar-refractivity contribution in [1.29, 1.82) is 0 Å². The fourth-order valence-electron chi connectivity index (χ4n) is 4.17. The number of carbonyl (C=O) groups is 1. The van der Waals surface area contributed by atoms with Crippen LogP contribution in [0.15, 0.2) is 24.3 Å². The lowest BCUT2D eigenvalue weighted by atomic mass is 9.85. The van der Waals surface area contributed by atoms with Gasteiger partial charge in [-0.3, -0.25) is 0 Å². The van der Waals surface area contributed by atoms with Crippen LogP contribution < -0.4 is 10.2 Å². The van der Waals surface area contributed by atoms with E-state index in [9.17, 15) is 4.79 Å². The van der Waals surface area contributed by atoms with Crippen LogP contribution in [0.1, 0.15) is 51.9 Å². The van der Waals surface area contributed by atoms with Gasteiger partial charge in [0.15, 0.2) is 0 Å². The van der Waals surface area contributed by atoms with Gasteiger partial charge < -0.3 is 15.1 Å². The van der Waals surface area contributed by atoms with Gasteiger partial charge in [0.05, 0.1) is 0 Å². The lowest BCUT2D eigenvalue weighted by Gasteiger charge is -2.36. The van der Waals surface area contributed by atoms with Crippen LogP contribution >= 0.6 is 0 Å². The minimum Gasteiger partial charge on any atom is -0.371 e. The van der Waals surface area contributed by atoms with Crippen LogP contribution in [0.5, 0.6) is 0 Å². The van der Waals surface area contributed by atoms with Crippen molar-refractivity contribution in [2.24, 2.45) is 5.92 Å². The summed E-state index contributed by atoms with van der Waals surface area (Å²) in [5, 5.41) is 3.10. The molecule has 0 radical (unpaired) electrons. The van der Waals surface area contributed by atoms with Crippen molar-refractivity contribution >= 4 is 17.4 Å². The zero-order valence-corrected chi connectivity index (χ0v) is 15.1. The number of anilines is 2. The predicted molar refractivity (Wildman–Crippen MR) is 101 cm³/mol. The summed E-state index contributed by atoms with van der Waals surface area (Å²) in [6.07, 6.45) is 8.74. The van der Waals surface area contributed by atoms with Crippen molar-refractivity contribution < 1.29 is 4.79 Å². The summed E-state index contributed by atoms with van der Waals surface area (Å²) in [6, 6.07) is 8.68. The molecule has 1 aromatic rings. The number of nitrogens with zero attached hydrogens (tertiary/aromatic N) is 2. The Morgan fingerprint density at radius 1 is 1.12 bits per heavy atom. The van der Waals surface area contributed by atoms with Gasteiger partial charge in [0.1, 0.15) is 0 Å². The molecule has 0 aromatic heterocycles. The summed E-state index contributed by atoms with van der Waals surface area (Å²) < 4.78 is 0. The van der Waals surface area contributed by atoms with E-state index in [1.54, 1.807) is 0 Å². The molecule has 2 aliphatic rings. The number of amides is 2. The van der Waals surface area contributed by atoms with Gasteiger partial charge >= 0.3 is 6.03 Å². The van der Waals surface area contributed by atoms with Crippen molar-refractivity contribution in [1.82, 2.24) is 4.90 Å². The monoisotopic (exact) mass is 329 g/mol. The second-order valence-corrected chi connectivity index (χ2v) is 7.47. The number of carbonyl (C=O) groups excluding carboxylic acids is 1. The normalized spacial score (nSPS) is 24.5. The van der Waals surface area contributed by atoms with Crippen LogP contribution in [0.4, 0.5) is 16.2 Å². The SMILES string of the molecule is CC1CCCCC1N(C)C(=O)Nc1cccc(N2CCCCC2)c1. The molecule has 4 nitrogen and oxygen atoms in total. The lowest BCUT2D eigenvalue weighted by Crippen LogP contribution is -2.44. The van der Waals surface area contributed by atoms with E-state index in [2.05, 4.69) is 29.3 Å². The standard InChI is InChI=1S/C20H31N3O/c1-16-9-4-5-12-19(16)22(2)20(24)21-17-10-8-11-18(15-17)23-13-6-3-7-14-23/h8,10-11,15-16,19H,3-7,9,12-14H2,1-2H3,(H,21,24). The molecule has 3 rings (SSSR count). The van der Waals surface area contributed by atoms with E-state index < -0.39 is 0 Å². The van der Waals surface area contributed by atoms with Gasteiger partial charge in [0.25, 0.3) is 0 Å². The smallest absolute Gasteiger partial charge is 0.321 e. The van der Waals surface area contributed by atoms with E-state index in [1.165, 1.54) is 44.2 Å². The Labute approximate surface area is 146 Å². The molecular formula is C20H31N3O. The van der Waals surface area contributed by atoms with E-state index >= 15 is 0 Å². The first-order chi connectivity index (χ1) is 11.6. The van der Waals surface area contributed by atoms with Crippen molar-refractivity contribution in [2.75, 3.05) is 30.4 Å². The molecule has 0 spiro atoms. The van der Waals surface area contributed by atoms with Gasteiger partial charge in [0, 0.05) is 37.6 Å². The summed E-state index contributed by atoms with van der Waals surface area (Å²) in [5.41, 5.74) is 2.12. The number of benzene rings is 1. The minimum absolute atomic E-state index is 0.0181. The molecule has 2 fully saturated rings. The van der Waals surface area contributed by atoms with Gasteiger partial charge in [-0.05, 0) is 56.2 Å². The molecule has 2 atom stereocenters. The highest BCUT2D eigenvalue weighted by atomic mass is 16.2. The summed E-state index contributed by atoms with van der Waals surface area (Å²) in [6.45, 7) is 4.51. The Hall–Kier alpha value is -1.71. The minimum atomic E-state index is 0.0181. The molecule has 2 amide bonds. The number of rotatable bonds is 3. The Kier molecular flexibility index (Phi) is 5.64. The Morgan fingerprint density at radius 3 is 2.62 bits per heavy atom. The Bertz CT molecular complexity index is 554. The average Bonchev–Trinajstić information content (AvgIpc) is 2.62. The number of nitrogens with one attached hydrogen (secondary N) is 1. The molecule has 1 N–H and O–H groups in total. The highest BCUT2D eigenvalue weighted by Gasteiger charge is 2.27. The molecule has 0 bridgehead atoms. The summed E-state index contributed by atoms with van der Waals surface area (Å²) >= 11 is 0. The van der Waals surface area contributed by atoms with Gasteiger partial charge in [-0.15, -0.1) is 0 Å². The molecule has 1 aromatic carbocycles. The quantitative estimate of drug-likeness (QED) is 0.871. The molecule has 1 aliphatic carbocycles. The zero-order chi connectivity index (χ0) is 16.9. The Morgan fingerprint density at radius 2 is 1.88 bits per heavy atom. The van der Waals surface area contributed by atoms with Gasteiger partial charge in [-0.2, -0.15) is 0 Å². The Balaban J connectivity index is 1.63. The average molecular weight is 329 g/mol. The van der Waals surface area contributed by atoms with E-state index in [1.807, 2.05) is 24.1 Å². The number of piperidine rings is 1.